The quantitative estimate of drug-likeness (QED) is 0.743. The zero-order chi connectivity index (χ0) is 18.2. The van der Waals surface area contributed by atoms with Gasteiger partial charge >= 0.3 is 0 Å². The van der Waals surface area contributed by atoms with Gasteiger partial charge in [0.1, 0.15) is 0 Å². The van der Waals surface area contributed by atoms with Crippen LogP contribution in [0, 0.1) is 6.92 Å². The van der Waals surface area contributed by atoms with Crippen molar-refractivity contribution in [1.82, 2.24) is 16.0 Å². The fraction of sp³-hybridized carbons (Fsp3) is 0.211. The van der Waals surface area contributed by atoms with E-state index in [0.29, 0.717) is 17.7 Å². The van der Waals surface area contributed by atoms with Crippen LogP contribution in [0.1, 0.15) is 31.8 Å². The number of amides is 3. The highest BCUT2D eigenvalue weighted by Gasteiger charge is 2.10. The van der Waals surface area contributed by atoms with E-state index >= 15 is 0 Å². The van der Waals surface area contributed by atoms with Crippen molar-refractivity contribution < 1.29 is 14.4 Å². The monoisotopic (exact) mass is 339 g/mol. The van der Waals surface area contributed by atoms with Crippen LogP contribution >= 0.6 is 0 Å². The van der Waals surface area contributed by atoms with Crippen molar-refractivity contribution in [2.75, 3.05) is 13.6 Å². The Hall–Kier alpha value is -3.15. The normalized spacial score (nSPS) is 10.0. The van der Waals surface area contributed by atoms with Crippen LogP contribution in [0.4, 0.5) is 0 Å². The maximum atomic E-state index is 12.0. The number of hydrogen-bond acceptors (Lipinski definition) is 3. The Kier molecular flexibility index (Phi) is 6.28. The number of carbonyl (C=O) groups excluding carboxylic acids is 3. The van der Waals surface area contributed by atoms with Gasteiger partial charge in [-0.25, -0.2) is 0 Å². The molecule has 0 fully saturated rings. The number of nitrogens with one attached hydrogen (secondary N) is 3. The third-order valence-corrected chi connectivity index (χ3v) is 3.73. The van der Waals surface area contributed by atoms with Gasteiger partial charge in [-0.1, -0.05) is 30.3 Å². The zero-order valence-electron chi connectivity index (χ0n) is 14.3. The highest BCUT2D eigenvalue weighted by atomic mass is 16.2. The van der Waals surface area contributed by atoms with Crippen molar-refractivity contribution in [3.05, 3.63) is 70.8 Å². The van der Waals surface area contributed by atoms with Crippen LogP contribution in [-0.2, 0) is 11.3 Å². The molecule has 0 saturated heterocycles. The molecule has 0 heterocycles. The molecule has 0 radical (unpaired) electrons. The lowest BCUT2D eigenvalue weighted by Crippen LogP contribution is -2.36. The molecule has 2 rings (SSSR count). The van der Waals surface area contributed by atoms with Gasteiger partial charge in [0, 0.05) is 24.7 Å². The highest BCUT2D eigenvalue weighted by molar-refractivity contribution is 5.97. The first-order valence-corrected chi connectivity index (χ1v) is 7.93. The molecular formula is C19H21N3O3. The average Bonchev–Trinajstić information content (AvgIpc) is 2.64. The predicted octanol–water partition coefficient (Wildman–Crippen LogP) is 1.40. The van der Waals surface area contributed by atoms with E-state index in [-0.39, 0.29) is 24.3 Å². The Morgan fingerprint density at radius 1 is 0.880 bits per heavy atom. The highest BCUT2D eigenvalue weighted by Crippen LogP contribution is 2.06. The lowest BCUT2D eigenvalue weighted by Gasteiger charge is -2.09. The first kappa shape index (κ1) is 18.2. The number of hydrogen-bond donors (Lipinski definition) is 3. The second-order valence-electron chi connectivity index (χ2n) is 5.55. The van der Waals surface area contributed by atoms with Crippen LogP contribution in [-0.4, -0.2) is 31.3 Å². The van der Waals surface area contributed by atoms with E-state index in [4.69, 9.17) is 0 Å². The van der Waals surface area contributed by atoms with Crippen LogP contribution in [0.2, 0.25) is 0 Å². The second kappa shape index (κ2) is 8.63. The van der Waals surface area contributed by atoms with Gasteiger partial charge in [-0.3, -0.25) is 14.4 Å². The van der Waals surface area contributed by atoms with Gasteiger partial charge in [-0.2, -0.15) is 0 Å². The van der Waals surface area contributed by atoms with E-state index in [1.165, 1.54) is 0 Å². The second-order valence-corrected chi connectivity index (χ2v) is 5.55. The van der Waals surface area contributed by atoms with Crippen LogP contribution in [0.25, 0.3) is 0 Å². The third kappa shape index (κ3) is 5.17. The Bertz CT molecular complexity index is 770. The summed E-state index contributed by atoms with van der Waals surface area (Å²) in [7, 11) is 1.57. The molecule has 3 amide bonds. The minimum absolute atomic E-state index is 0.0938. The summed E-state index contributed by atoms with van der Waals surface area (Å²) in [5, 5.41) is 7.88. The fourth-order valence-electron chi connectivity index (χ4n) is 2.26. The van der Waals surface area contributed by atoms with Crippen molar-refractivity contribution in [2.24, 2.45) is 0 Å². The van der Waals surface area contributed by atoms with Gasteiger partial charge in [0.25, 0.3) is 11.8 Å². The summed E-state index contributed by atoms with van der Waals surface area (Å²) in [5.41, 5.74) is 2.84. The molecule has 0 aliphatic carbocycles. The topological polar surface area (TPSA) is 87.3 Å². The molecule has 25 heavy (non-hydrogen) atoms. The van der Waals surface area contributed by atoms with Crippen molar-refractivity contribution in [2.45, 2.75) is 13.5 Å². The van der Waals surface area contributed by atoms with Gasteiger partial charge < -0.3 is 16.0 Å². The maximum absolute atomic E-state index is 12.0. The van der Waals surface area contributed by atoms with Gasteiger partial charge in [0.15, 0.2) is 0 Å². The van der Waals surface area contributed by atoms with Crippen LogP contribution in [0.15, 0.2) is 48.5 Å². The minimum atomic E-state index is -0.280. The molecule has 0 bridgehead atoms. The molecule has 6 nitrogen and oxygen atoms in total. The number of benzene rings is 2. The van der Waals surface area contributed by atoms with E-state index in [1.54, 1.807) is 43.4 Å². The molecule has 6 heteroatoms. The molecule has 0 unspecified atom stereocenters. The molecule has 0 spiro atoms. The Balaban J connectivity index is 1.80. The third-order valence-electron chi connectivity index (χ3n) is 3.73. The number of rotatable bonds is 6. The fourth-order valence-corrected chi connectivity index (χ4v) is 2.26. The van der Waals surface area contributed by atoms with Crippen molar-refractivity contribution >= 4 is 17.7 Å². The zero-order valence-corrected chi connectivity index (χ0v) is 14.3. The molecule has 0 aliphatic heterocycles. The van der Waals surface area contributed by atoms with E-state index in [0.717, 1.165) is 11.1 Å². The molecule has 0 aromatic heterocycles. The van der Waals surface area contributed by atoms with E-state index in [2.05, 4.69) is 16.0 Å². The van der Waals surface area contributed by atoms with Crippen LogP contribution in [0.3, 0.4) is 0 Å². The first-order chi connectivity index (χ1) is 12.0. The number of aryl methyl sites for hydroxylation is 1. The average molecular weight is 339 g/mol. The Morgan fingerprint density at radius 3 is 2.20 bits per heavy atom. The number of carbonyl (C=O) groups is 3. The van der Waals surface area contributed by atoms with Gasteiger partial charge in [0.2, 0.25) is 5.91 Å². The summed E-state index contributed by atoms with van der Waals surface area (Å²) in [6, 6.07) is 14.1. The lowest BCUT2D eigenvalue weighted by molar-refractivity contribution is -0.120. The van der Waals surface area contributed by atoms with Gasteiger partial charge in [-0.15, -0.1) is 0 Å². The van der Waals surface area contributed by atoms with E-state index in [1.807, 2.05) is 19.1 Å². The largest absolute Gasteiger partial charge is 0.355 e. The molecule has 3 N–H and O–H groups in total. The molecule has 0 saturated carbocycles. The SMILES string of the molecule is CNC(=O)c1ccc(CNC(=O)CNC(=O)c2ccccc2C)cc1. The summed E-state index contributed by atoms with van der Waals surface area (Å²) >= 11 is 0. The Morgan fingerprint density at radius 2 is 1.56 bits per heavy atom. The summed E-state index contributed by atoms with van der Waals surface area (Å²) in [6.07, 6.45) is 0. The van der Waals surface area contributed by atoms with E-state index in [9.17, 15) is 14.4 Å². The smallest absolute Gasteiger partial charge is 0.251 e. The standard InChI is InChI=1S/C19H21N3O3/c1-13-5-3-4-6-16(13)19(25)22-12-17(23)21-11-14-7-9-15(10-8-14)18(24)20-2/h3-10H,11-12H2,1-2H3,(H,20,24)(H,21,23)(H,22,25). The van der Waals surface area contributed by atoms with Crippen molar-refractivity contribution in [3.63, 3.8) is 0 Å². The molecule has 2 aromatic rings. The molecule has 130 valence electrons. The summed E-state index contributed by atoms with van der Waals surface area (Å²) in [5.74, 6) is -0.713. The molecule has 0 atom stereocenters. The van der Waals surface area contributed by atoms with E-state index < -0.39 is 0 Å². The summed E-state index contributed by atoms with van der Waals surface area (Å²) in [6.45, 7) is 2.08. The lowest BCUT2D eigenvalue weighted by atomic mass is 10.1. The summed E-state index contributed by atoms with van der Waals surface area (Å²) < 4.78 is 0. The van der Waals surface area contributed by atoms with Crippen molar-refractivity contribution in [3.8, 4) is 0 Å². The Labute approximate surface area is 146 Å². The maximum Gasteiger partial charge on any atom is 0.251 e. The van der Waals surface area contributed by atoms with Crippen molar-refractivity contribution in [1.29, 1.82) is 0 Å². The summed E-state index contributed by atoms with van der Waals surface area (Å²) in [4.78, 5) is 35.4. The van der Waals surface area contributed by atoms with Gasteiger partial charge in [0.05, 0.1) is 6.54 Å². The predicted molar refractivity (Wildman–Crippen MR) is 95.2 cm³/mol. The molecule has 0 aliphatic rings. The first-order valence-electron chi connectivity index (χ1n) is 7.93. The van der Waals surface area contributed by atoms with Crippen LogP contribution in [0.5, 0.6) is 0 Å². The molecular weight excluding hydrogens is 318 g/mol. The van der Waals surface area contributed by atoms with Crippen LogP contribution < -0.4 is 16.0 Å². The van der Waals surface area contributed by atoms with Gasteiger partial charge in [-0.05, 0) is 36.2 Å². The minimum Gasteiger partial charge on any atom is -0.355 e. The molecule has 2 aromatic carbocycles.